The maximum absolute atomic E-state index is 4.59. The van der Waals surface area contributed by atoms with Crippen LogP contribution in [0.3, 0.4) is 0 Å². The number of aromatic nitrogens is 2. The summed E-state index contributed by atoms with van der Waals surface area (Å²) in [5.41, 5.74) is 2.48. The summed E-state index contributed by atoms with van der Waals surface area (Å²) in [5.74, 6) is 1.30. The summed E-state index contributed by atoms with van der Waals surface area (Å²) in [6.45, 7) is 12.2. The molecule has 1 N–H and O–H groups in total. The van der Waals surface area contributed by atoms with Gasteiger partial charge in [-0.15, -0.1) is 0 Å². The van der Waals surface area contributed by atoms with Crippen molar-refractivity contribution in [3.63, 3.8) is 0 Å². The first kappa shape index (κ1) is 16.7. The van der Waals surface area contributed by atoms with Gasteiger partial charge in [-0.25, -0.2) is 0 Å². The van der Waals surface area contributed by atoms with Gasteiger partial charge >= 0.3 is 0 Å². The topological polar surface area (TPSA) is 29.9 Å². The Morgan fingerprint density at radius 1 is 1.26 bits per heavy atom. The fourth-order valence-electron chi connectivity index (χ4n) is 2.22. The van der Waals surface area contributed by atoms with Crippen molar-refractivity contribution in [1.82, 2.24) is 15.1 Å². The lowest BCUT2D eigenvalue weighted by molar-refractivity contribution is 0.342. The summed E-state index contributed by atoms with van der Waals surface area (Å²) in [4.78, 5) is 0. The highest BCUT2D eigenvalue weighted by Gasteiger charge is 2.20. The largest absolute Gasteiger partial charge is 0.314 e. The SMILES string of the molecule is CCc1nn(C)c(CC(CNC(C)C)C(C)C)c1Br. The number of rotatable bonds is 7. The Morgan fingerprint density at radius 3 is 2.32 bits per heavy atom. The second kappa shape index (κ2) is 7.44. The Bertz CT molecular complexity index is 396. The molecule has 0 aromatic carbocycles. The van der Waals surface area contributed by atoms with E-state index in [-0.39, 0.29) is 0 Å². The molecule has 0 fully saturated rings. The van der Waals surface area contributed by atoms with Crippen molar-refractivity contribution in [2.75, 3.05) is 6.54 Å². The van der Waals surface area contributed by atoms with E-state index in [0.29, 0.717) is 17.9 Å². The van der Waals surface area contributed by atoms with Gasteiger partial charge in [0.25, 0.3) is 0 Å². The maximum Gasteiger partial charge on any atom is 0.0766 e. The second-order valence-electron chi connectivity index (χ2n) is 5.96. The number of nitrogens with one attached hydrogen (secondary N) is 1. The summed E-state index contributed by atoms with van der Waals surface area (Å²) in [7, 11) is 2.05. The van der Waals surface area contributed by atoms with Crippen molar-refractivity contribution in [3.8, 4) is 0 Å². The van der Waals surface area contributed by atoms with Gasteiger partial charge in [-0.2, -0.15) is 5.10 Å². The zero-order chi connectivity index (χ0) is 14.6. The summed E-state index contributed by atoms with van der Waals surface area (Å²) in [5, 5.41) is 8.15. The summed E-state index contributed by atoms with van der Waals surface area (Å²) in [6, 6.07) is 0.544. The van der Waals surface area contributed by atoms with Crippen LogP contribution < -0.4 is 5.32 Å². The van der Waals surface area contributed by atoms with E-state index < -0.39 is 0 Å². The van der Waals surface area contributed by atoms with E-state index in [4.69, 9.17) is 0 Å². The van der Waals surface area contributed by atoms with Crippen molar-refractivity contribution < 1.29 is 0 Å². The average Bonchev–Trinajstić information content (AvgIpc) is 2.60. The first-order valence-corrected chi connectivity index (χ1v) is 8.09. The molecule has 1 aromatic heterocycles. The lowest BCUT2D eigenvalue weighted by atomic mass is 9.90. The van der Waals surface area contributed by atoms with Crippen molar-refractivity contribution in [3.05, 3.63) is 15.9 Å². The quantitative estimate of drug-likeness (QED) is 0.828. The molecule has 110 valence electrons. The molecule has 0 spiro atoms. The van der Waals surface area contributed by atoms with Crippen LogP contribution in [-0.2, 0) is 19.9 Å². The minimum Gasteiger partial charge on any atom is -0.314 e. The Morgan fingerprint density at radius 2 is 1.89 bits per heavy atom. The number of hydrogen-bond donors (Lipinski definition) is 1. The first-order valence-electron chi connectivity index (χ1n) is 7.30. The smallest absolute Gasteiger partial charge is 0.0766 e. The van der Waals surface area contributed by atoms with E-state index in [1.807, 2.05) is 11.7 Å². The van der Waals surface area contributed by atoms with E-state index >= 15 is 0 Å². The zero-order valence-electron chi connectivity index (χ0n) is 13.1. The van der Waals surface area contributed by atoms with Crippen molar-refractivity contribution >= 4 is 15.9 Å². The molecule has 1 unspecified atom stereocenters. The highest BCUT2D eigenvalue weighted by Crippen LogP contribution is 2.26. The Labute approximate surface area is 126 Å². The predicted octanol–water partition coefficient (Wildman–Crippen LogP) is 3.56. The second-order valence-corrected chi connectivity index (χ2v) is 6.75. The van der Waals surface area contributed by atoms with Crippen LogP contribution in [-0.4, -0.2) is 22.4 Å². The van der Waals surface area contributed by atoms with Gasteiger partial charge in [0.05, 0.1) is 15.9 Å². The fraction of sp³-hybridized carbons (Fsp3) is 0.800. The van der Waals surface area contributed by atoms with Gasteiger partial charge in [0.2, 0.25) is 0 Å². The van der Waals surface area contributed by atoms with Gasteiger partial charge in [-0.1, -0.05) is 34.6 Å². The minimum absolute atomic E-state index is 0.544. The number of halogens is 1. The molecule has 19 heavy (non-hydrogen) atoms. The molecule has 1 atom stereocenters. The van der Waals surface area contributed by atoms with Crippen molar-refractivity contribution in [2.24, 2.45) is 18.9 Å². The van der Waals surface area contributed by atoms with Gasteiger partial charge in [-0.05, 0) is 47.2 Å². The molecular weight excluding hydrogens is 302 g/mol. The first-order chi connectivity index (χ1) is 8.86. The van der Waals surface area contributed by atoms with Gasteiger partial charge < -0.3 is 5.32 Å². The number of hydrogen-bond acceptors (Lipinski definition) is 2. The van der Waals surface area contributed by atoms with E-state index in [2.05, 4.69) is 61.0 Å². The normalized spacial score (nSPS) is 13.5. The molecule has 0 bridgehead atoms. The molecule has 0 aliphatic heterocycles. The standard InChI is InChI=1S/C15H28BrN3/c1-7-13-15(16)14(19(6)18-13)8-12(10(2)3)9-17-11(4)5/h10-12,17H,7-9H2,1-6H3. The van der Waals surface area contributed by atoms with E-state index in [0.717, 1.165) is 25.1 Å². The fourth-order valence-corrected chi connectivity index (χ4v) is 3.00. The number of nitrogens with zero attached hydrogens (tertiary/aromatic N) is 2. The third kappa shape index (κ3) is 4.60. The molecule has 1 rings (SSSR count). The van der Waals surface area contributed by atoms with Gasteiger partial charge in [-0.3, -0.25) is 4.68 Å². The lowest BCUT2D eigenvalue weighted by Gasteiger charge is -2.23. The highest BCUT2D eigenvalue weighted by atomic mass is 79.9. The molecule has 0 radical (unpaired) electrons. The molecule has 4 heteroatoms. The summed E-state index contributed by atoms with van der Waals surface area (Å²) < 4.78 is 3.24. The minimum atomic E-state index is 0.544. The van der Waals surface area contributed by atoms with E-state index in [1.54, 1.807) is 0 Å². The van der Waals surface area contributed by atoms with Crippen LogP contribution in [0, 0.1) is 11.8 Å². The summed E-state index contributed by atoms with van der Waals surface area (Å²) >= 11 is 3.72. The van der Waals surface area contributed by atoms with Crippen LogP contribution in [0.1, 0.15) is 46.0 Å². The Balaban J connectivity index is 2.81. The molecule has 0 saturated heterocycles. The van der Waals surface area contributed by atoms with Gasteiger partial charge in [0.1, 0.15) is 0 Å². The van der Waals surface area contributed by atoms with E-state index in [1.165, 1.54) is 10.2 Å². The molecule has 3 nitrogen and oxygen atoms in total. The molecule has 0 saturated carbocycles. The third-order valence-electron chi connectivity index (χ3n) is 3.69. The Kier molecular flexibility index (Phi) is 6.54. The van der Waals surface area contributed by atoms with Crippen LogP contribution in [0.5, 0.6) is 0 Å². The third-order valence-corrected chi connectivity index (χ3v) is 4.60. The van der Waals surface area contributed by atoms with Crippen molar-refractivity contribution in [1.29, 1.82) is 0 Å². The van der Waals surface area contributed by atoms with E-state index in [9.17, 15) is 0 Å². The van der Waals surface area contributed by atoms with Gasteiger partial charge in [0.15, 0.2) is 0 Å². The van der Waals surface area contributed by atoms with Gasteiger partial charge in [0, 0.05) is 13.1 Å². The van der Waals surface area contributed by atoms with Crippen molar-refractivity contribution in [2.45, 2.75) is 53.5 Å². The maximum atomic E-state index is 4.59. The molecular formula is C15H28BrN3. The molecule has 1 heterocycles. The monoisotopic (exact) mass is 329 g/mol. The number of aryl methyl sites for hydroxylation is 2. The van der Waals surface area contributed by atoms with Crippen LogP contribution in [0.2, 0.25) is 0 Å². The summed E-state index contributed by atoms with van der Waals surface area (Å²) in [6.07, 6.45) is 2.05. The molecule has 0 aliphatic rings. The zero-order valence-corrected chi connectivity index (χ0v) is 14.7. The lowest BCUT2D eigenvalue weighted by Crippen LogP contribution is -2.32. The molecule has 1 aromatic rings. The predicted molar refractivity (Wildman–Crippen MR) is 85.5 cm³/mol. The van der Waals surface area contributed by atoms with Crippen LogP contribution in [0.15, 0.2) is 4.47 Å². The molecule has 0 aliphatic carbocycles. The van der Waals surface area contributed by atoms with Crippen LogP contribution in [0.4, 0.5) is 0 Å². The Hall–Kier alpha value is -0.350. The van der Waals surface area contributed by atoms with Crippen LogP contribution in [0.25, 0.3) is 0 Å². The van der Waals surface area contributed by atoms with Crippen LogP contribution >= 0.6 is 15.9 Å². The average molecular weight is 330 g/mol. The molecule has 0 amide bonds. The highest BCUT2D eigenvalue weighted by molar-refractivity contribution is 9.10.